The van der Waals surface area contributed by atoms with Gasteiger partial charge in [-0.25, -0.2) is 0 Å². The van der Waals surface area contributed by atoms with Gasteiger partial charge in [-0.3, -0.25) is 0 Å². The first-order valence-electron chi connectivity index (χ1n) is 6.44. The molecule has 1 N–H and O–H groups in total. The first kappa shape index (κ1) is 13.2. The summed E-state index contributed by atoms with van der Waals surface area (Å²) in [6.45, 7) is 4.14. The van der Waals surface area contributed by atoms with Crippen molar-refractivity contribution < 1.29 is 5.11 Å². The fraction of sp³-hybridized carbons (Fsp3) is 0.600. The molecule has 0 fully saturated rings. The molecule has 0 aliphatic rings. The first-order valence-corrected chi connectivity index (χ1v) is 6.44. The monoisotopic (exact) mass is 220 g/mol. The lowest BCUT2D eigenvalue weighted by atomic mass is 9.90. The Morgan fingerprint density at radius 2 is 1.62 bits per heavy atom. The molecule has 1 unspecified atom stereocenters. The van der Waals surface area contributed by atoms with Gasteiger partial charge in [0.25, 0.3) is 0 Å². The van der Waals surface area contributed by atoms with Crippen LogP contribution in [0, 0.1) is 0 Å². The highest BCUT2D eigenvalue weighted by molar-refractivity contribution is 5.21. The van der Waals surface area contributed by atoms with E-state index in [2.05, 4.69) is 6.92 Å². The van der Waals surface area contributed by atoms with Crippen LogP contribution in [-0.2, 0) is 5.60 Å². The van der Waals surface area contributed by atoms with Crippen molar-refractivity contribution in [1.82, 2.24) is 0 Å². The summed E-state index contributed by atoms with van der Waals surface area (Å²) in [4.78, 5) is 0. The van der Waals surface area contributed by atoms with E-state index in [0.717, 1.165) is 18.4 Å². The van der Waals surface area contributed by atoms with Crippen molar-refractivity contribution in [2.45, 2.75) is 58.0 Å². The molecular weight excluding hydrogens is 196 g/mol. The molecule has 90 valence electrons. The van der Waals surface area contributed by atoms with Gasteiger partial charge in [0, 0.05) is 0 Å². The van der Waals surface area contributed by atoms with Gasteiger partial charge in [0.2, 0.25) is 0 Å². The summed E-state index contributed by atoms with van der Waals surface area (Å²) in [6, 6.07) is 9.97. The lowest BCUT2D eigenvalue weighted by Gasteiger charge is -2.23. The van der Waals surface area contributed by atoms with Crippen molar-refractivity contribution in [3.63, 3.8) is 0 Å². The Balaban J connectivity index is 2.35. The van der Waals surface area contributed by atoms with Crippen molar-refractivity contribution >= 4 is 0 Å². The van der Waals surface area contributed by atoms with Crippen LogP contribution in [0.3, 0.4) is 0 Å². The van der Waals surface area contributed by atoms with Crippen LogP contribution in [0.15, 0.2) is 30.3 Å². The third kappa shape index (κ3) is 4.36. The zero-order chi connectivity index (χ0) is 11.9. The fourth-order valence-electron chi connectivity index (χ4n) is 2.01. The van der Waals surface area contributed by atoms with Gasteiger partial charge in [-0.05, 0) is 18.9 Å². The Bertz CT molecular complexity index is 277. The van der Waals surface area contributed by atoms with Gasteiger partial charge in [-0.15, -0.1) is 0 Å². The molecule has 0 spiro atoms. The molecule has 0 amide bonds. The van der Waals surface area contributed by atoms with E-state index >= 15 is 0 Å². The third-order valence-corrected chi connectivity index (χ3v) is 3.16. The molecule has 0 radical (unpaired) electrons. The van der Waals surface area contributed by atoms with Crippen LogP contribution in [0.1, 0.15) is 57.9 Å². The molecule has 16 heavy (non-hydrogen) atoms. The van der Waals surface area contributed by atoms with E-state index in [1.165, 1.54) is 25.7 Å². The maximum Gasteiger partial charge on any atom is 0.0868 e. The second-order valence-corrected chi connectivity index (χ2v) is 4.80. The number of rotatable bonds is 7. The Labute approximate surface area is 99.5 Å². The minimum absolute atomic E-state index is 0.659. The van der Waals surface area contributed by atoms with Crippen molar-refractivity contribution in [1.29, 1.82) is 0 Å². The average molecular weight is 220 g/mol. The Morgan fingerprint density at radius 1 is 1.00 bits per heavy atom. The molecule has 1 rings (SSSR count). The van der Waals surface area contributed by atoms with Gasteiger partial charge in [-0.1, -0.05) is 69.4 Å². The summed E-state index contributed by atoms with van der Waals surface area (Å²) in [7, 11) is 0. The predicted molar refractivity (Wildman–Crippen MR) is 69.4 cm³/mol. The van der Waals surface area contributed by atoms with Crippen LogP contribution in [0.2, 0.25) is 0 Å². The zero-order valence-electron chi connectivity index (χ0n) is 10.6. The lowest BCUT2D eigenvalue weighted by molar-refractivity contribution is 0.0448. The molecule has 1 heteroatoms. The summed E-state index contributed by atoms with van der Waals surface area (Å²) >= 11 is 0. The maximum absolute atomic E-state index is 10.3. The molecule has 0 aromatic heterocycles. The standard InChI is InChI=1S/C15H24O/c1-3-4-5-6-10-13-15(2,16)14-11-8-7-9-12-14/h7-9,11-12,16H,3-6,10,13H2,1-2H3. The van der Waals surface area contributed by atoms with E-state index in [1.807, 2.05) is 37.3 Å². The second-order valence-electron chi connectivity index (χ2n) is 4.80. The van der Waals surface area contributed by atoms with Crippen molar-refractivity contribution in [3.05, 3.63) is 35.9 Å². The van der Waals surface area contributed by atoms with Gasteiger partial charge in [0.1, 0.15) is 0 Å². The molecule has 0 saturated heterocycles. The molecule has 1 aromatic rings. The SMILES string of the molecule is CCCCCCCC(C)(O)c1ccccc1. The summed E-state index contributed by atoms with van der Waals surface area (Å²) in [6.07, 6.45) is 7.09. The van der Waals surface area contributed by atoms with Crippen LogP contribution >= 0.6 is 0 Å². The zero-order valence-corrected chi connectivity index (χ0v) is 10.6. The van der Waals surface area contributed by atoms with Crippen LogP contribution < -0.4 is 0 Å². The van der Waals surface area contributed by atoms with E-state index < -0.39 is 5.60 Å². The summed E-state index contributed by atoms with van der Waals surface area (Å²) in [5, 5.41) is 10.3. The lowest BCUT2D eigenvalue weighted by Crippen LogP contribution is -2.20. The highest BCUT2D eigenvalue weighted by Gasteiger charge is 2.21. The predicted octanol–water partition coefficient (Wildman–Crippen LogP) is 4.25. The number of unbranched alkanes of at least 4 members (excludes halogenated alkanes) is 4. The smallest absolute Gasteiger partial charge is 0.0868 e. The van der Waals surface area contributed by atoms with Crippen molar-refractivity contribution in [2.75, 3.05) is 0 Å². The minimum atomic E-state index is -0.659. The molecule has 1 atom stereocenters. The van der Waals surface area contributed by atoms with Gasteiger partial charge in [-0.2, -0.15) is 0 Å². The van der Waals surface area contributed by atoms with Gasteiger partial charge < -0.3 is 5.11 Å². The highest BCUT2D eigenvalue weighted by atomic mass is 16.3. The fourth-order valence-corrected chi connectivity index (χ4v) is 2.01. The molecule has 0 aliphatic carbocycles. The molecule has 1 aromatic carbocycles. The topological polar surface area (TPSA) is 20.2 Å². The first-order chi connectivity index (χ1) is 7.67. The number of hydrogen-bond acceptors (Lipinski definition) is 1. The Kier molecular flexibility index (Phi) is 5.54. The number of hydrogen-bond donors (Lipinski definition) is 1. The minimum Gasteiger partial charge on any atom is -0.385 e. The summed E-state index contributed by atoms with van der Waals surface area (Å²) in [5.74, 6) is 0. The second kappa shape index (κ2) is 6.70. The van der Waals surface area contributed by atoms with E-state index in [1.54, 1.807) is 0 Å². The normalized spacial score (nSPS) is 14.7. The van der Waals surface area contributed by atoms with Crippen molar-refractivity contribution in [3.8, 4) is 0 Å². The van der Waals surface area contributed by atoms with Crippen LogP contribution in [0.4, 0.5) is 0 Å². The Hall–Kier alpha value is -0.820. The largest absolute Gasteiger partial charge is 0.385 e. The van der Waals surface area contributed by atoms with E-state index in [4.69, 9.17) is 0 Å². The number of benzene rings is 1. The van der Waals surface area contributed by atoms with E-state index in [-0.39, 0.29) is 0 Å². The highest BCUT2D eigenvalue weighted by Crippen LogP contribution is 2.26. The molecule has 1 nitrogen and oxygen atoms in total. The third-order valence-electron chi connectivity index (χ3n) is 3.16. The maximum atomic E-state index is 10.3. The van der Waals surface area contributed by atoms with Crippen LogP contribution in [-0.4, -0.2) is 5.11 Å². The summed E-state index contributed by atoms with van der Waals surface area (Å²) < 4.78 is 0. The van der Waals surface area contributed by atoms with Crippen molar-refractivity contribution in [2.24, 2.45) is 0 Å². The van der Waals surface area contributed by atoms with Crippen LogP contribution in [0.25, 0.3) is 0 Å². The van der Waals surface area contributed by atoms with Gasteiger partial charge in [0.05, 0.1) is 5.60 Å². The molecule has 0 bridgehead atoms. The Morgan fingerprint density at radius 3 is 2.25 bits per heavy atom. The van der Waals surface area contributed by atoms with E-state index in [0.29, 0.717) is 0 Å². The summed E-state index contributed by atoms with van der Waals surface area (Å²) in [5.41, 5.74) is 0.374. The molecule has 0 aliphatic heterocycles. The van der Waals surface area contributed by atoms with Gasteiger partial charge >= 0.3 is 0 Å². The number of aliphatic hydroxyl groups is 1. The van der Waals surface area contributed by atoms with Gasteiger partial charge in [0.15, 0.2) is 0 Å². The quantitative estimate of drug-likeness (QED) is 0.681. The average Bonchev–Trinajstić information content (AvgIpc) is 2.30. The van der Waals surface area contributed by atoms with Crippen LogP contribution in [0.5, 0.6) is 0 Å². The van der Waals surface area contributed by atoms with E-state index in [9.17, 15) is 5.11 Å². The molecule has 0 heterocycles. The molecule has 0 saturated carbocycles. The molecular formula is C15H24O.